The van der Waals surface area contributed by atoms with Gasteiger partial charge >= 0.3 is 0 Å². The Morgan fingerprint density at radius 3 is 2.69 bits per heavy atom. The second-order valence-electron chi connectivity index (χ2n) is 9.86. The lowest BCUT2D eigenvalue weighted by molar-refractivity contribution is -0.118. The van der Waals surface area contributed by atoms with Gasteiger partial charge in [0, 0.05) is 35.8 Å². The Morgan fingerprint density at radius 2 is 1.97 bits per heavy atom. The second kappa shape index (κ2) is 9.37. The fraction of sp³-hybridized carbons (Fsp3) is 0.250. The van der Waals surface area contributed by atoms with E-state index in [1.54, 1.807) is 29.4 Å². The van der Waals surface area contributed by atoms with Crippen LogP contribution in [0.2, 0.25) is 5.02 Å². The number of hydrogen-bond acceptors (Lipinski definition) is 5. The Balaban J connectivity index is 1.66. The molecule has 2 aromatic carbocycles. The van der Waals surface area contributed by atoms with E-state index in [0.29, 0.717) is 51.9 Å². The van der Waals surface area contributed by atoms with Gasteiger partial charge in [0.15, 0.2) is 5.78 Å². The fourth-order valence-corrected chi connectivity index (χ4v) is 5.62. The number of aromatic nitrogens is 1. The van der Waals surface area contributed by atoms with Gasteiger partial charge in [-0.2, -0.15) is 0 Å². The molecular formula is C28H25BrClN3O3. The van der Waals surface area contributed by atoms with Gasteiger partial charge in [0.2, 0.25) is 5.91 Å². The largest absolute Gasteiger partial charge is 0.456 e. The number of nitrogens with one attached hydrogen (secondary N) is 1. The van der Waals surface area contributed by atoms with Gasteiger partial charge < -0.3 is 10.1 Å². The topological polar surface area (TPSA) is 71.5 Å². The van der Waals surface area contributed by atoms with Gasteiger partial charge in [-0.15, -0.1) is 0 Å². The van der Waals surface area contributed by atoms with Gasteiger partial charge in [0.1, 0.15) is 11.5 Å². The number of halogens is 2. The third-order valence-electron chi connectivity index (χ3n) is 6.46. The molecule has 0 unspecified atom stereocenters. The molecular weight excluding hydrogens is 542 g/mol. The number of anilines is 2. The molecule has 2 aliphatic rings. The van der Waals surface area contributed by atoms with Crippen molar-refractivity contribution >= 4 is 50.6 Å². The summed E-state index contributed by atoms with van der Waals surface area (Å²) in [6.45, 7) is 5.65. The van der Waals surface area contributed by atoms with E-state index in [1.165, 1.54) is 6.92 Å². The van der Waals surface area contributed by atoms with E-state index in [0.717, 1.165) is 10.2 Å². The fourth-order valence-electron chi connectivity index (χ4n) is 4.98. The standard InChI is InChI=1S/C28H25BrClN3O3/c1-16(34)33-23-10-11-31-15-22(23)32-21-13-28(2,3)14-24(35)26(21)27(33)18-9-8-17(12-20(18)30)36-25-7-5-4-6-19(25)29/h4-12,15,27,32H,13-14H2,1-3H3/t27-/m0/s1. The molecule has 2 heterocycles. The number of fused-ring (bicyclic) bond motifs is 1. The maximum Gasteiger partial charge on any atom is 0.224 e. The lowest BCUT2D eigenvalue weighted by atomic mass is 9.73. The molecule has 184 valence electrons. The number of rotatable bonds is 3. The number of ketones is 1. The number of nitrogens with zero attached hydrogens (tertiary/aromatic N) is 2. The Hall–Kier alpha value is -3.16. The highest BCUT2D eigenvalue weighted by Gasteiger charge is 2.43. The van der Waals surface area contributed by atoms with Crippen molar-refractivity contribution in [3.63, 3.8) is 0 Å². The molecule has 1 aromatic heterocycles. The predicted octanol–water partition coefficient (Wildman–Crippen LogP) is 7.45. The summed E-state index contributed by atoms with van der Waals surface area (Å²) in [7, 11) is 0. The lowest BCUT2D eigenvalue weighted by Gasteiger charge is -2.37. The van der Waals surface area contributed by atoms with Crippen molar-refractivity contribution in [3.8, 4) is 11.5 Å². The van der Waals surface area contributed by atoms with Crippen molar-refractivity contribution in [2.45, 2.75) is 39.7 Å². The van der Waals surface area contributed by atoms with Crippen LogP contribution in [0.5, 0.6) is 11.5 Å². The monoisotopic (exact) mass is 565 g/mol. The zero-order valence-electron chi connectivity index (χ0n) is 20.1. The minimum atomic E-state index is -0.692. The van der Waals surface area contributed by atoms with Crippen LogP contribution in [0, 0.1) is 5.41 Å². The predicted molar refractivity (Wildman–Crippen MR) is 144 cm³/mol. The molecule has 1 N–H and O–H groups in total. The molecule has 0 spiro atoms. The number of allylic oxidation sites excluding steroid dienone is 1. The number of carbonyl (C=O) groups excluding carboxylic acids is 2. The van der Waals surface area contributed by atoms with E-state index in [4.69, 9.17) is 16.3 Å². The highest BCUT2D eigenvalue weighted by molar-refractivity contribution is 9.10. The zero-order valence-corrected chi connectivity index (χ0v) is 22.5. The molecule has 3 aromatic rings. The Kier molecular flexibility index (Phi) is 6.39. The second-order valence-corrected chi connectivity index (χ2v) is 11.1. The first kappa shape index (κ1) is 24.5. The van der Waals surface area contributed by atoms with Crippen molar-refractivity contribution in [1.29, 1.82) is 0 Å². The minimum Gasteiger partial charge on any atom is -0.456 e. The number of hydrogen-bond donors (Lipinski definition) is 1. The number of benzene rings is 2. The van der Waals surface area contributed by atoms with E-state index in [1.807, 2.05) is 36.4 Å². The quantitative estimate of drug-likeness (QED) is 0.356. The maximum absolute atomic E-state index is 13.6. The number of ether oxygens (including phenoxy) is 1. The summed E-state index contributed by atoms with van der Waals surface area (Å²) in [5.74, 6) is 0.994. The van der Waals surface area contributed by atoms with E-state index in [9.17, 15) is 9.59 Å². The van der Waals surface area contributed by atoms with Crippen molar-refractivity contribution in [1.82, 2.24) is 4.98 Å². The summed E-state index contributed by atoms with van der Waals surface area (Å²) < 4.78 is 6.85. The summed E-state index contributed by atoms with van der Waals surface area (Å²) in [5.41, 5.74) is 3.11. The zero-order chi connectivity index (χ0) is 25.6. The van der Waals surface area contributed by atoms with Crippen molar-refractivity contribution in [2.75, 3.05) is 10.2 Å². The van der Waals surface area contributed by atoms with E-state index < -0.39 is 6.04 Å². The average molecular weight is 567 g/mol. The number of carbonyl (C=O) groups is 2. The van der Waals surface area contributed by atoms with Gasteiger partial charge in [-0.3, -0.25) is 19.5 Å². The Labute approximate surface area is 223 Å². The normalized spacial score (nSPS) is 18.6. The van der Waals surface area contributed by atoms with E-state index in [2.05, 4.69) is 40.1 Å². The summed E-state index contributed by atoms with van der Waals surface area (Å²) >= 11 is 10.4. The number of pyridine rings is 1. The van der Waals surface area contributed by atoms with Crippen LogP contribution in [0.1, 0.15) is 45.2 Å². The molecule has 6 nitrogen and oxygen atoms in total. The highest BCUT2D eigenvalue weighted by Crippen LogP contribution is 2.49. The molecule has 0 saturated carbocycles. The van der Waals surface area contributed by atoms with Crippen LogP contribution < -0.4 is 15.0 Å². The molecule has 0 radical (unpaired) electrons. The molecule has 36 heavy (non-hydrogen) atoms. The number of para-hydroxylation sites is 1. The lowest BCUT2D eigenvalue weighted by Crippen LogP contribution is -2.38. The Bertz CT molecular complexity index is 1420. The van der Waals surface area contributed by atoms with Gasteiger partial charge in [-0.05, 0) is 63.7 Å². The van der Waals surface area contributed by atoms with Crippen LogP contribution in [-0.4, -0.2) is 16.7 Å². The summed E-state index contributed by atoms with van der Waals surface area (Å²) in [5, 5.41) is 3.83. The summed E-state index contributed by atoms with van der Waals surface area (Å²) in [6.07, 6.45) is 4.36. The first-order valence-corrected chi connectivity index (χ1v) is 12.8. The molecule has 0 saturated heterocycles. The molecule has 1 amide bonds. The molecule has 0 bridgehead atoms. The van der Waals surface area contributed by atoms with Gasteiger partial charge in [-0.1, -0.05) is 43.6 Å². The maximum atomic E-state index is 13.6. The number of amides is 1. The highest BCUT2D eigenvalue weighted by atomic mass is 79.9. The van der Waals surface area contributed by atoms with Crippen molar-refractivity contribution in [3.05, 3.63) is 87.3 Å². The molecule has 0 fully saturated rings. The van der Waals surface area contributed by atoms with Crippen LogP contribution >= 0.6 is 27.5 Å². The van der Waals surface area contributed by atoms with E-state index >= 15 is 0 Å². The Morgan fingerprint density at radius 1 is 1.19 bits per heavy atom. The molecule has 1 aliphatic carbocycles. The minimum absolute atomic E-state index is 0.00428. The average Bonchev–Trinajstić information content (AvgIpc) is 2.94. The molecule has 1 aliphatic heterocycles. The molecule has 1 atom stereocenters. The van der Waals surface area contributed by atoms with Crippen LogP contribution in [0.15, 0.2) is 76.7 Å². The third kappa shape index (κ3) is 4.53. The van der Waals surface area contributed by atoms with Crippen LogP contribution in [-0.2, 0) is 9.59 Å². The van der Waals surface area contributed by atoms with Gasteiger partial charge in [0.05, 0.1) is 28.1 Å². The van der Waals surface area contributed by atoms with Crippen molar-refractivity contribution in [2.24, 2.45) is 5.41 Å². The number of Topliss-reactive ketones (excluding diaryl/α,β-unsaturated/α-hetero) is 1. The van der Waals surface area contributed by atoms with Crippen molar-refractivity contribution < 1.29 is 14.3 Å². The third-order valence-corrected chi connectivity index (χ3v) is 7.45. The van der Waals surface area contributed by atoms with Crippen LogP contribution in [0.4, 0.5) is 11.4 Å². The first-order chi connectivity index (χ1) is 17.1. The van der Waals surface area contributed by atoms with Crippen LogP contribution in [0.3, 0.4) is 0 Å². The van der Waals surface area contributed by atoms with E-state index in [-0.39, 0.29) is 17.1 Å². The molecule has 8 heteroatoms. The van der Waals surface area contributed by atoms with Crippen LogP contribution in [0.25, 0.3) is 0 Å². The van der Waals surface area contributed by atoms with Gasteiger partial charge in [-0.25, -0.2) is 0 Å². The van der Waals surface area contributed by atoms with Gasteiger partial charge in [0.25, 0.3) is 0 Å². The smallest absolute Gasteiger partial charge is 0.224 e. The first-order valence-electron chi connectivity index (χ1n) is 11.6. The summed E-state index contributed by atoms with van der Waals surface area (Å²) in [6, 6.07) is 14.0. The SMILES string of the molecule is CC(=O)N1c2ccncc2NC2=C(C(=O)CC(C)(C)C2)[C@@H]1c1ccc(Oc2ccccc2Br)cc1Cl. The molecule has 5 rings (SSSR count). The summed E-state index contributed by atoms with van der Waals surface area (Å²) in [4.78, 5) is 32.6.